The fourth-order valence-corrected chi connectivity index (χ4v) is 4.46. The topological polar surface area (TPSA) is 57.5 Å². The van der Waals surface area contributed by atoms with Gasteiger partial charge in [-0.15, -0.1) is 24.3 Å². The molecular weight excluding hydrogens is 823 g/mol. The molecule has 0 aliphatic carbocycles. The maximum atomic E-state index is 13.1. The maximum Gasteiger partial charge on any atom is 0.267 e. The molecule has 7 nitrogen and oxygen atoms in total. The fourth-order valence-electron chi connectivity index (χ4n) is 4.46. The summed E-state index contributed by atoms with van der Waals surface area (Å²) >= 11 is 0. The molecule has 0 saturated heterocycles. The normalized spacial score (nSPS) is 10.2. The van der Waals surface area contributed by atoms with Crippen molar-refractivity contribution in [3.63, 3.8) is 0 Å². The first-order chi connectivity index (χ1) is 23.9. The van der Waals surface area contributed by atoms with Gasteiger partial charge in [0.15, 0.2) is 0 Å². The van der Waals surface area contributed by atoms with Gasteiger partial charge < -0.3 is 19.3 Å². The summed E-state index contributed by atoms with van der Waals surface area (Å²) in [6.07, 6.45) is 16.2. The zero-order chi connectivity index (χ0) is 34.0. The summed E-state index contributed by atoms with van der Waals surface area (Å²) in [5, 5.41) is 7.58. The third-order valence-corrected chi connectivity index (χ3v) is 6.74. The van der Waals surface area contributed by atoms with Crippen LogP contribution in [0.3, 0.4) is 0 Å². The standard InChI is InChI=1S/2C15H9F2N2.C8H6N3.Ir/c2*16-12-3-1-5-14(9-12)18-7-8-19(11-18)15-6-2-4-13(17)10-15;1-2-5-9-7(3-1)8-4-6-10-11-8;/h2*1-5,7-10H;1-6H;/q3*-1;. The molecule has 0 fully saturated rings. The average Bonchev–Trinajstić information content (AvgIpc) is 3.93. The molecule has 4 aromatic heterocycles. The Morgan fingerprint density at radius 2 is 1.12 bits per heavy atom. The third kappa shape index (κ3) is 9.34. The van der Waals surface area contributed by atoms with Crippen LogP contribution in [0.5, 0.6) is 0 Å². The molecule has 8 aromatic rings. The van der Waals surface area contributed by atoms with Crippen molar-refractivity contribution < 1.29 is 46.8 Å². The number of hydrogen-bond acceptors (Lipinski definition) is 2. The van der Waals surface area contributed by atoms with Gasteiger partial charge in [0.2, 0.25) is 0 Å². The molecule has 0 saturated carbocycles. The largest absolute Gasteiger partial charge is 0.574 e. The SMILES string of the molecule is Fc1cc[c-]c(-n2[c-][n+](-c3cccc(F)c3)cc2)c1.Fc1cc[c-]c(-n2[c-][n+](-c3cccc(F)c3)cc2)c1.[Ir].c1ccc(-c2ccn[n-]2)nc1. The Bertz CT molecular complexity index is 2010. The molecule has 0 atom stereocenters. The Hall–Kier alpha value is -5.97. The van der Waals surface area contributed by atoms with Gasteiger partial charge >= 0.3 is 0 Å². The summed E-state index contributed by atoms with van der Waals surface area (Å²) in [5.74, 6) is -1.31. The van der Waals surface area contributed by atoms with E-state index in [2.05, 4.69) is 40.0 Å². The van der Waals surface area contributed by atoms with Gasteiger partial charge in [-0.05, 0) is 59.9 Å². The average molecular weight is 847 g/mol. The molecule has 1 radical (unpaired) electrons. The van der Waals surface area contributed by atoms with Crippen molar-refractivity contribution in [3.8, 4) is 34.1 Å². The van der Waals surface area contributed by atoms with Crippen molar-refractivity contribution in [2.45, 2.75) is 0 Å². The minimum absolute atomic E-state index is 0. The second-order valence-electron chi connectivity index (χ2n) is 10.2. The van der Waals surface area contributed by atoms with Crippen molar-refractivity contribution >= 4 is 0 Å². The molecule has 4 heterocycles. The summed E-state index contributed by atoms with van der Waals surface area (Å²) in [6, 6.07) is 34.0. The van der Waals surface area contributed by atoms with E-state index >= 15 is 0 Å². The first kappa shape index (κ1) is 35.3. The van der Waals surface area contributed by atoms with E-state index in [4.69, 9.17) is 0 Å². The molecule has 0 aliphatic rings. The van der Waals surface area contributed by atoms with Gasteiger partial charge in [-0.25, -0.2) is 17.6 Å². The molecule has 12 heteroatoms. The van der Waals surface area contributed by atoms with E-state index in [-0.39, 0.29) is 43.4 Å². The van der Waals surface area contributed by atoms with E-state index in [9.17, 15) is 17.6 Å². The molecular formula is C38H24F4IrN7-3. The minimum Gasteiger partial charge on any atom is -0.574 e. The number of aromatic nitrogens is 7. The van der Waals surface area contributed by atoms with Gasteiger partial charge in [0, 0.05) is 74.6 Å². The van der Waals surface area contributed by atoms with Crippen molar-refractivity contribution in [2.24, 2.45) is 0 Å². The van der Waals surface area contributed by atoms with Crippen molar-refractivity contribution in [2.75, 3.05) is 0 Å². The van der Waals surface area contributed by atoms with Gasteiger partial charge in [0.25, 0.3) is 12.7 Å². The van der Waals surface area contributed by atoms with Crippen LogP contribution in [0, 0.1) is 48.1 Å². The second kappa shape index (κ2) is 16.9. The number of hydrogen-bond donors (Lipinski definition) is 0. The van der Waals surface area contributed by atoms with Gasteiger partial charge in [-0.2, -0.15) is 24.3 Å². The summed E-state index contributed by atoms with van der Waals surface area (Å²) in [5.41, 5.74) is 4.06. The Kier molecular flexibility index (Phi) is 12.0. The predicted octanol–water partition coefficient (Wildman–Crippen LogP) is 6.36. The van der Waals surface area contributed by atoms with Crippen molar-refractivity contribution in [1.82, 2.24) is 24.3 Å². The number of halogens is 4. The van der Waals surface area contributed by atoms with Crippen LogP contribution in [-0.4, -0.2) is 19.2 Å². The predicted molar refractivity (Wildman–Crippen MR) is 171 cm³/mol. The first-order valence-electron chi connectivity index (χ1n) is 14.7. The molecule has 0 aliphatic heterocycles. The summed E-state index contributed by atoms with van der Waals surface area (Å²) in [4.78, 5) is 4.12. The van der Waals surface area contributed by atoms with Crippen molar-refractivity contribution in [1.29, 1.82) is 0 Å². The van der Waals surface area contributed by atoms with Gasteiger partial charge in [0.05, 0.1) is 11.4 Å². The zero-order valence-electron chi connectivity index (χ0n) is 25.8. The zero-order valence-corrected chi connectivity index (χ0v) is 28.2. The Morgan fingerprint density at radius 1 is 0.580 bits per heavy atom. The van der Waals surface area contributed by atoms with Crippen molar-refractivity contribution in [3.05, 3.63) is 194 Å². The van der Waals surface area contributed by atoms with Crippen LogP contribution in [0.4, 0.5) is 17.6 Å². The van der Waals surface area contributed by atoms with E-state index in [1.54, 1.807) is 79.7 Å². The molecule has 0 spiro atoms. The summed E-state index contributed by atoms with van der Waals surface area (Å²) < 4.78 is 59.0. The van der Waals surface area contributed by atoms with Crippen LogP contribution < -0.4 is 14.2 Å². The number of benzene rings is 4. The molecule has 0 unspecified atom stereocenters. The molecule has 0 amide bonds. The first-order valence-corrected chi connectivity index (χ1v) is 14.7. The number of imidazole rings is 2. The molecule has 4 aromatic carbocycles. The quantitative estimate of drug-likeness (QED) is 0.115. The van der Waals surface area contributed by atoms with Crippen LogP contribution in [-0.2, 0) is 20.1 Å². The van der Waals surface area contributed by atoms with Crippen LogP contribution in [0.15, 0.2) is 146 Å². The van der Waals surface area contributed by atoms with E-state index < -0.39 is 0 Å². The van der Waals surface area contributed by atoms with Gasteiger partial charge in [-0.3, -0.25) is 14.1 Å². The van der Waals surface area contributed by atoms with Gasteiger partial charge in [0.1, 0.15) is 11.6 Å². The molecule has 50 heavy (non-hydrogen) atoms. The van der Waals surface area contributed by atoms with Crippen LogP contribution in [0.25, 0.3) is 34.1 Å². The molecule has 251 valence electrons. The number of nitrogens with zero attached hydrogens (tertiary/aromatic N) is 7. The second-order valence-corrected chi connectivity index (χ2v) is 10.2. The minimum atomic E-state index is -0.340. The number of rotatable bonds is 5. The van der Waals surface area contributed by atoms with Crippen LogP contribution >= 0.6 is 0 Å². The van der Waals surface area contributed by atoms with Crippen LogP contribution in [0.2, 0.25) is 0 Å². The molecule has 0 N–H and O–H groups in total. The Balaban J connectivity index is 0.000000150. The summed E-state index contributed by atoms with van der Waals surface area (Å²) in [7, 11) is 0. The van der Waals surface area contributed by atoms with Gasteiger partial charge in [-0.1, -0.05) is 30.0 Å². The number of pyridine rings is 1. The van der Waals surface area contributed by atoms with E-state index in [0.29, 0.717) is 22.7 Å². The Labute approximate surface area is 298 Å². The summed E-state index contributed by atoms with van der Waals surface area (Å²) in [6.45, 7) is 0. The van der Waals surface area contributed by atoms with E-state index in [1.165, 1.54) is 60.7 Å². The van der Waals surface area contributed by atoms with E-state index in [1.807, 2.05) is 24.3 Å². The monoisotopic (exact) mass is 847 g/mol. The smallest absolute Gasteiger partial charge is 0.267 e. The van der Waals surface area contributed by atoms with Crippen LogP contribution in [0.1, 0.15) is 0 Å². The van der Waals surface area contributed by atoms with E-state index in [0.717, 1.165) is 11.4 Å². The third-order valence-electron chi connectivity index (χ3n) is 6.74. The fraction of sp³-hybridized carbons (Fsp3) is 0. The molecule has 8 rings (SSSR count). The Morgan fingerprint density at radius 3 is 1.56 bits per heavy atom. The maximum absolute atomic E-state index is 13.1. The molecule has 0 bridgehead atoms.